The molecule has 130 valence electrons. The van der Waals surface area contributed by atoms with Gasteiger partial charge in [0.2, 0.25) is 0 Å². The van der Waals surface area contributed by atoms with E-state index in [0.717, 1.165) is 17.9 Å². The van der Waals surface area contributed by atoms with Crippen molar-refractivity contribution in [1.29, 1.82) is 0 Å². The molecule has 0 unspecified atom stereocenters. The van der Waals surface area contributed by atoms with Gasteiger partial charge in [-0.05, 0) is 48.2 Å². The number of hydrogen-bond donors (Lipinski definition) is 1. The van der Waals surface area contributed by atoms with E-state index in [-0.39, 0.29) is 18.2 Å². The third kappa shape index (κ3) is 5.81. The third-order valence-corrected chi connectivity index (χ3v) is 4.42. The lowest BCUT2D eigenvalue weighted by atomic mass is 9.95. The van der Waals surface area contributed by atoms with Gasteiger partial charge in [-0.25, -0.2) is 4.39 Å². The van der Waals surface area contributed by atoms with Crippen LogP contribution in [0, 0.1) is 5.82 Å². The van der Waals surface area contributed by atoms with E-state index in [1.54, 1.807) is 12.1 Å². The monoisotopic (exact) mass is 349 g/mol. The maximum Gasteiger partial charge on any atom is 0.123 e. The van der Waals surface area contributed by atoms with Crippen molar-refractivity contribution < 1.29 is 9.13 Å². The van der Waals surface area contributed by atoms with Gasteiger partial charge in [0.25, 0.3) is 0 Å². The first kappa shape index (κ1) is 18.8. The first-order valence-electron chi connectivity index (χ1n) is 8.49. The van der Waals surface area contributed by atoms with Crippen molar-refractivity contribution in [3.05, 3.63) is 65.5 Å². The highest BCUT2D eigenvalue weighted by Gasteiger charge is 2.12. The van der Waals surface area contributed by atoms with Gasteiger partial charge in [-0.15, -0.1) is 12.4 Å². The van der Waals surface area contributed by atoms with E-state index >= 15 is 0 Å². The maximum atomic E-state index is 12.9. The zero-order valence-corrected chi connectivity index (χ0v) is 14.7. The summed E-state index contributed by atoms with van der Waals surface area (Å²) in [5, 5.41) is 3.65. The van der Waals surface area contributed by atoms with E-state index < -0.39 is 0 Å². The van der Waals surface area contributed by atoms with E-state index in [1.807, 2.05) is 12.1 Å². The van der Waals surface area contributed by atoms with Crippen molar-refractivity contribution in [1.82, 2.24) is 5.32 Å². The largest absolute Gasteiger partial charge is 0.489 e. The Bertz CT molecular complexity index is 611. The minimum absolute atomic E-state index is 0. The number of hydrogen-bond acceptors (Lipinski definition) is 2. The molecular formula is C20H25ClFNO. The average Bonchev–Trinajstić information content (AvgIpc) is 2.61. The summed E-state index contributed by atoms with van der Waals surface area (Å²) in [7, 11) is 0. The molecule has 0 aromatic heterocycles. The van der Waals surface area contributed by atoms with Crippen molar-refractivity contribution in [3.8, 4) is 5.75 Å². The van der Waals surface area contributed by atoms with Crippen molar-refractivity contribution in [2.45, 2.75) is 51.3 Å². The van der Waals surface area contributed by atoms with Crippen molar-refractivity contribution in [2.75, 3.05) is 0 Å². The van der Waals surface area contributed by atoms with Crippen molar-refractivity contribution >= 4 is 12.4 Å². The molecule has 0 radical (unpaired) electrons. The lowest BCUT2D eigenvalue weighted by Crippen LogP contribution is -2.30. The normalized spacial score (nSPS) is 14.9. The van der Waals surface area contributed by atoms with Crippen LogP contribution in [-0.2, 0) is 13.2 Å². The summed E-state index contributed by atoms with van der Waals surface area (Å²) < 4.78 is 18.7. The van der Waals surface area contributed by atoms with Gasteiger partial charge in [-0.1, -0.05) is 43.5 Å². The Balaban J connectivity index is 0.00000208. The molecule has 0 bridgehead atoms. The molecular weight excluding hydrogens is 325 g/mol. The van der Waals surface area contributed by atoms with Gasteiger partial charge in [0.15, 0.2) is 0 Å². The van der Waals surface area contributed by atoms with Crippen molar-refractivity contribution in [2.24, 2.45) is 0 Å². The predicted octanol–water partition coefficient (Wildman–Crippen LogP) is 5.25. The molecule has 0 amide bonds. The molecule has 4 heteroatoms. The fourth-order valence-electron chi connectivity index (χ4n) is 3.06. The lowest BCUT2D eigenvalue weighted by Gasteiger charge is -2.23. The second kappa shape index (κ2) is 9.65. The number of nitrogens with one attached hydrogen (secondary N) is 1. The molecule has 24 heavy (non-hydrogen) atoms. The van der Waals surface area contributed by atoms with Crippen molar-refractivity contribution in [3.63, 3.8) is 0 Å². The van der Waals surface area contributed by atoms with Crippen LogP contribution in [-0.4, -0.2) is 6.04 Å². The molecule has 2 nitrogen and oxygen atoms in total. The summed E-state index contributed by atoms with van der Waals surface area (Å²) in [5.41, 5.74) is 2.21. The Hall–Kier alpha value is -1.58. The first-order valence-corrected chi connectivity index (χ1v) is 8.49. The van der Waals surface area contributed by atoms with Crippen LogP contribution in [0.1, 0.15) is 43.2 Å². The molecule has 0 atom stereocenters. The number of halogens is 2. The smallest absolute Gasteiger partial charge is 0.123 e. The molecule has 0 saturated heterocycles. The Morgan fingerprint density at radius 2 is 1.71 bits per heavy atom. The number of rotatable bonds is 6. The highest BCUT2D eigenvalue weighted by molar-refractivity contribution is 5.85. The molecule has 1 saturated carbocycles. The van der Waals surface area contributed by atoms with Gasteiger partial charge >= 0.3 is 0 Å². The summed E-state index contributed by atoms with van der Waals surface area (Å²) in [6.45, 7) is 1.35. The van der Waals surface area contributed by atoms with E-state index in [1.165, 1.54) is 49.8 Å². The van der Waals surface area contributed by atoms with Crippen LogP contribution >= 0.6 is 12.4 Å². The summed E-state index contributed by atoms with van der Waals surface area (Å²) in [5.74, 6) is 0.641. The highest BCUT2D eigenvalue weighted by atomic mass is 35.5. The van der Waals surface area contributed by atoms with Crippen LogP contribution in [0.15, 0.2) is 48.5 Å². The van der Waals surface area contributed by atoms with Gasteiger partial charge in [0.1, 0.15) is 18.2 Å². The average molecular weight is 350 g/mol. The number of benzene rings is 2. The highest BCUT2D eigenvalue weighted by Crippen LogP contribution is 2.19. The molecule has 1 N–H and O–H groups in total. The minimum atomic E-state index is -0.218. The van der Waals surface area contributed by atoms with Gasteiger partial charge < -0.3 is 10.1 Å². The number of ether oxygens (including phenoxy) is 1. The SMILES string of the molecule is Cl.Fc1ccc(COc2cccc(CNC3CCCCC3)c2)cc1. The fraction of sp³-hybridized carbons (Fsp3) is 0.400. The second-order valence-corrected chi connectivity index (χ2v) is 6.28. The molecule has 3 rings (SSSR count). The predicted molar refractivity (Wildman–Crippen MR) is 98.1 cm³/mol. The zero-order chi connectivity index (χ0) is 15.9. The Labute approximate surface area is 149 Å². The molecule has 2 aromatic rings. The summed E-state index contributed by atoms with van der Waals surface area (Å²) in [6.07, 6.45) is 6.66. The van der Waals surface area contributed by atoms with Crippen LogP contribution < -0.4 is 10.1 Å². The molecule has 0 spiro atoms. The van der Waals surface area contributed by atoms with Crippen LogP contribution in [0.3, 0.4) is 0 Å². The van der Waals surface area contributed by atoms with E-state index in [2.05, 4.69) is 17.4 Å². The van der Waals surface area contributed by atoms with E-state index in [4.69, 9.17) is 4.74 Å². The molecule has 2 aromatic carbocycles. The summed E-state index contributed by atoms with van der Waals surface area (Å²) >= 11 is 0. The Morgan fingerprint density at radius 1 is 0.958 bits per heavy atom. The van der Waals surface area contributed by atoms with Gasteiger partial charge in [0, 0.05) is 12.6 Å². The molecule has 0 aliphatic heterocycles. The zero-order valence-electron chi connectivity index (χ0n) is 13.8. The first-order chi connectivity index (χ1) is 11.3. The van der Waals surface area contributed by atoms with Gasteiger partial charge in [0.05, 0.1) is 0 Å². The van der Waals surface area contributed by atoms with E-state index in [9.17, 15) is 4.39 Å². The topological polar surface area (TPSA) is 21.3 Å². The van der Waals surface area contributed by atoms with Gasteiger partial charge in [-0.2, -0.15) is 0 Å². The quantitative estimate of drug-likeness (QED) is 0.769. The maximum absolute atomic E-state index is 12.9. The van der Waals surface area contributed by atoms with Gasteiger partial charge in [-0.3, -0.25) is 0 Å². The van der Waals surface area contributed by atoms with Crippen LogP contribution in [0.2, 0.25) is 0 Å². The van der Waals surface area contributed by atoms with E-state index in [0.29, 0.717) is 12.6 Å². The van der Waals surface area contributed by atoms with Crippen LogP contribution in [0.4, 0.5) is 4.39 Å². The third-order valence-electron chi connectivity index (χ3n) is 4.42. The fourth-order valence-corrected chi connectivity index (χ4v) is 3.06. The Kier molecular flexibility index (Phi) is 7.54. The summed E-state index contributed by atoms with van der Waals surface area (Å²) in [6, 6.07) is 15.3. The van der Waals surface area contributed by atoms with Crippen LogP contribution in [0.5, 0.6) is 5.75 Å². The van der Waals surface area contributed by atoms with Crippen LogP contribution in [0.25, 0.3) is 0 Å². The Morgan fingerprint density at radius 3 is 2.46 bits per heavy atom. The summed E-state index contributed by atoms with van der Waals surface area (Å²) in [4.78, 5) is 0. The molecule has 1 fully saturated rings. The molecule has 1 aliphatic carbocycles. The second-order valence-electron chi connectivity index (χ2n) is 6.28. The minimum Gasteiger partial charge on any atom is -0.489 e. The lowest BCUT2D eigenvalue weighted by molar-refractivity contribution is 0.305. The molecule has 1 aliphatic rings. The standard InChI is InChI=1S/C20H24FNO.ClH/c21-18-11-9-16(10-12-18)15-23-20-8-4-5-17(13-20)14-22-19-6-2-1-3-7-19;/h4-5,8-13,19,22H,1-3,6-7,14-15H2;1H. The molecule has 0 heterocycles.